The fraction of sp³-hybridized carbons (Fsp3) is 0.167. The topological polar surface area (TPSA) is 78.4 Å². The Morgan fingerprint density at radius 1 is 1.39 bits per heavy atom. The fourth-order valence-corrected chi connectivity index (χ4v) is 2.16. The average molecular weight is 267 g/mol. The summed E-state index contributed by atoms with van der Waals surface area (Å²) < 4.78 is 0. The molecular weight excluding hydrogens is 256 g/mol. The molecule has 0 aliphatic carbocycles. The van der Waals surface area contributed by atoms with Crippen molar-refractivity contribution in [2.75, 3.05) is 0 Å². The molecule has 1 aromatic carbocycles. The van der Waals surface area contributed by atoms with E-state index in [0.717, 1.165) is 0 Å². The lowest BCUT2D eigenvalue weighted by molar-refractivity contribution is -0.133. The van der Waals surface area contributed by atoms with Gasteiger partial charge in [0.15, 0.2) is 0 Å². The monoisotopic (exact) mass is 266 g/mol. The van der Waals surface area contributed by atoms with Gasteiger partial charge in [0.2, 0.25) is 0 Å². The second-order valence-electron chi connectivity index (χ2n) is 3.90. The second kappa shape index (κ2) is 4.70. The molecule has 1 atom stereocenters. The molecule has 2 rings (SSSR count). The molecule has 18 heavy (non-hydrogen) atoms. The number of halogens is 1. The van der Waals surface area contributed by atoms with Crippen molar-refractivity contribution in [2.45, 2.75) is 13.0 Å². The van der Waals surface area contributed by atoms with Crippen LogP contribution in [0.1, 0.15) is 18.5 Å². The van der Waals surface area contributed by atoms with Gasteiger partial charge in [0, 0.05) is 10.7 Å². The first kappa shape index (κ1) is 12.4. The zero-order valence-corrected chi connectivity index (χ0v) is 10.3. The van der Waals surface area contributed by atoms with Gasteiger partial charge >= 0.3 is 12.0 Å². The van der Waals surface area contributed by atoms with E-state index in [1.54, 1.807) is 31.2 Å². The molecule has 0 spiro atoms. The lowest BCUT2D eigenvalue weighted by Gasteiger charge is -2.27. The standard InChI is InChI=1S/C12H11ClN2O3/c1-6-9(11(16)17)10(15-12(18)14-6)7-4-2-3-5-8(7)13/h2-5,10H,1H3,(H,16,17)(H2,14,15,18). The summed E-state index contributed by atoms with van der Waals surface area (Å²) in [4.78, 5) is 22.7. The highest BCUT2D eigenvalue weighted by atomic mass is 35.5. The van der Waals surface area contributed by atoms with E-state index in [9.17, 15) is 14.7 Å². The van der Waals surface area contributed by atoms with Crippen molar-refractivity contribution in [3.63, 3.8) is 0 Å². The minimum atomic E-state index is -1.09. The third kappa shape index (κ3) is 2.17. The zero-order chi connectivity index (χ0) is 13.3. The van der Waals surface area contributed by atoms with E-state index in [1.807, 2.05) is 0 Å². The predicted octanol–water partition coefficient (Wildman–Crippen LogP) is 2.05. The Hall–Kier alpha value is -2.01. The van der Waals surface area contributed by atoms with Crippen molar-refractivity contribution in [2.24, 2.45) is 0 Å². The summed E-state index contributed by atoms with van der Waals surface area (Å²) in [7, 11) is 0. The van der Waals surface area contributed by atoms with Gasteiger partial charge in [-0.25, -0.2) is 9.59 Å². The molecule has 94 valence electrons. The number of hydrogen-bond donors (Lipinski definition) is 3. The highest BCUT2D eigenvalue weighted by Crippen LogP contribution is 2.31. The molecule has 0 saturated carbocycles. The summed E-state index contributed by atoms with van der Waals surface area (Å²) in [5, 5.41) is 14.6. The number of carbonyl (C=O) groups is 2. The highest BCUT2D eigenvalue weighted by molar-refractivity contribution is 6.31. The Labute approximate surface area is 108 Å². The Kier molecular flexibility index (Phi) is 3.25. The quantitative estimate of drug-likeness (QED) is 0.767. The summed E-state index contributed by atoms with van der Waals surface area (Å²) in [5.41, 5.74) is 0.963. The molecule has 1 aromatic rings. The molecule has 0 aromatic heterocycles. The predicted molar refractivity (Wildman–Crippen MR) is 66.2 cm³/mol. The Morgan fingerprint density at radius 3 is 2.67 bits per heavy atom. The molecule has 0 radical (unpaired) electrons. The van der Waals surface area contributed by atoms with E-state index < -0.39 is 18.0 Å². The first-order valence-corrected chi connectivity index (χ1v) is 5.64. The van der Waals surface area contributed by atoms with Crippen LogP contribution in [0.15, 0.2) is 35.5 Å². The fourth-order valence-electron chi connectivity index (χ4n) is 1.92. The smallest absolute Gasteiger partial charge is 0.335 e. The molecule has 1 aliphatic rings. The molecule has 1 aliphatic heterocycles. The normalized spacial score (nSPS) is 19.2. The van der Waals surface area contributed by atoms with Gasteiger partial charge in [-0.2, -0.15) is 0 Å². The molecule has 0 fully saturated rings. The highest BCUT2D eigenvalue weighted by Gasteiger charge is 2.31. The minimum Gasteiger partial charge on any atom is -0.478 e. The van der Waals surface area contributed by atoms with Crippen LogP contribution < -0.4 is 10.6 Å². The molecule has 0 bridgehead atoms. The van der Waals surface area contributed by atoms with Gasteiger partial charge in [0.25, 0.3) is 0 Å². The van der Waals surface area contributed by atoms with Crippen LogP contribution in [0.5, 0.6) is 0 Å². The maximum atomic E-state index is 11.4. The number of allylic oxidation sites excluding steroid dienone is 1. The molecule has 6 heteroatoms. The molecule has 5 nitrogen and oxygen atoms in total. The Morgan fingerprint density at radius 2 is 2.06 bits per heavy atom. The van der Waals surface area contributed by atoms with Crippen LogP contribution in [0.4, 0.5) is 4.79 Å². The first-order chi connectivity index (χ1) is 8.50. The molecule has 1 heterocycles. The number of benzene rings is 1. The number of rotatable bonds is 2. The van der Waals surface area contributed by atoms with Gasteiger partial charge < -0.3 is 15.7 Å². The number of hydrogen-bond acceptors (Lipinski definition) is 2. The minimum absolute atomic E-state index is 0.0858. The number of carbonyl (C=O) groups excluding carboxylic acids is 1. The Bertz CT molecular complexity index is 554. The third-order valence-corrected chi connectivity index (χ3v) is 3.06. The van der Waals surface area contributed by atoms with Crippen molar-refractivity contribution in [1.29, 1.82) is 0 Å². The number of urea groups is 1. The maximum Gasteiger partial charge on any atom is 0.335 e. The van der Waals surface area contributed by atoms with E-state index in [4.69, 9.17) is 11.6 Å². The van der Waals surface area contributed by atoms with Crippen LogP contribution in [0.2, 0.25) is 5.02 Å². The summed E-state index contributed by atoms with van der Waals surface area (Å²) in [6, 6.07) is 5.64. The van der Waals surface area contributed by atoms with E-state index in [2.05, 4.69) is 10.6 Å². The molecular formula is C12H11ClN2O3. The summed E-state index contributed by atoms with van der Waals surface area (Å²) in [5.74, 6) is -1.09. The molecule has 1 unspecified atom stereocenters. The number of carboxylic acids is 1. The molecule has 2 amide bonds. The van der Waals surface area contributed by atoms with Crippen molar-refractivity contribution < 1.29 is 14.7 Å². The number of nitrogens with one attached hydrogen (secondary N) is 2. The van der Waals surface area contributed by atoms with Crippen molar-refractivity contribution in [1.82, 2.24) is 10.6 Å². The molecule has 3 N–H and O–H groups in total. The summed E-state index contributed by atoms with van der Waals surface area (Å²) in [6.45, 7) is 1.55. The lowest BCUT2D eigenvalue weighted by Crippen LogP contribution is -2.45. The lowest BCUT2D eigenvalue weighted by atomic mass is 9.96. The zero-order valence-electron chi connectivity index (χ0n) is 9.53. The van der Waals surface area contributed by atoms with Crippen LogP contribution >= 0.6 is 11.6 Å². The SMILES string of the molecule is CC1=C(C(=O)O)C(c2ccccc2Cl)NC(=O)N1. The van der Waals surface area contributed by atoms with Crippen LogP contribution in [0.3, 0.4) is 0 Å². The van der Waals surface area contributed by atoms with Crippen LogP contribution in [0.25, 0.3) is 0 Å². The van der Waals surface area contributed by atoms with Crippen LogP contribution in [-0.2, 0) is 4.79 Å². The van der Waals surface area contributed by atoms with E-state index in [-0.39, 0.29) is 5.57 Å². The summed E-state index contributed by atoms with van der Waals surface area (Å²) >= 11 is 6.04. The number of amides is 2. The van der Waals surface area contributed by atoms with E-state index in [1.165, 1.54) is 0 Å². The van der Waals surface area contributed by atoms with Gasteiger partial charge in [-0.1, -0.05) is 29.8 Å². The summed E-state index contributed by atoms with van der Waals surface area (Å²) in [6.07, 6.45) is 0. The van der Waals surface area contributed by atoms with Crippen LogP contribution in [0, 0.1) is 0 Å². The largest absolute Gasteiger partial charge is 0.478 e. The Balaban J connectivity index is 2.54. The van der Waals surface area contributed by atoms with Gasteiger partial charge in [0.05, 0.1) is 11.6 Å². The number of carboxylic acid groups (broad SMARTS) is 1. The average Bonchev–Trinajstić information content (AvgIpc) is 2.27. The third-order valence-electron chi connectivity index (χ3n) is 2.72. The molecule has 0 saturated heterocycles. The maximum absolute atomic E-state index is 11.4. The van der Waals surface area contributed by atoms with Crippen molar-refractivity contribution in [3.05, 3.63) is 46.1 Å². The van der Waals surface area contributed by atoms with Gasteiger partial charge in [-0.15, -0.1) is 0 Å². The first-order valence-electron chi connectivity index (χ1n) is 5.26. The number of aliphatic carboxylic acids is 1. The van der Waals surface area contributed by atoms with Gasteiger partial charge in [-0.3, -0.25) is 0 Å². The van der Waals surface area contributed by atoms with E-state index in [0.29, 0.717) is 16.3 Å². The van der Waals surface area contributed by atoms with Gasteiger partial charge in [-0.05, 0) is 18.6 Å². The van der Waals surface area contributed by atoms with Crippen molar-refractivity contribution >= 4 is 23.6 Å². The van der Waals surface area contributed by atoms with E-state index >= 15 is 0 Å². The van der Waals surface area contributed by atoms with Gasteiger partial charge in [0.1, 0.15) is 0 Å². The van der Waals surface area contributed by atoms with Crippen LogP contribution in [-0.4, -0.2) is 17.1 Å². The second-order valence-corrected chi connectivity index (χ2v) is 4.30. The van der Waals surface area contributed by atoms with Crippen molar-refractivity contribution in [3.8, 4) is 0 Å².